The van der Waals surface area contributed by atoms with Gasteiger partial charge in [0.05, 0.1) is 22.7 Å². The highest BCUT2D eigenvalue weighted by Crippen LogP contribution is 2.21. The zero-order valence-corrected chi connectivity index (χ0v) is 8.49. The summed E-state index contributed by atoms with van der Waals surface area (Å²) in [4.78, 5) is 4.13. The van der Waals surface area contributed by atoms with Gasteiger partial charge in [0, 0.05) is 11.9 Å². The van der Waals surface area contributed by atoms with Crippen LogP contribution in [0, 0.1) is 6.92 Å². The van der Waals surface area contributed by atoms with Crippen LogP contribution in [-0.2, 0) is 0 Å². The van der Waals surface area contributed by atoms with Crippen LogP contribution in [0.3, 0.4) is 0 Å². The molecule has 0 spiro atoms. The molecular formula is C10H10ClN3. The lowest BCUT2D eigenvalue weighted by molar-refractivity contribution is 1.06. The quantitative estimate of drug-likeness (QED) is 0.730. The molecule has 3 nitrogen and oxygen atoms in total. The van der Waals surface area contributed by atoms with Gasteiger partial charge in [-0.25, -0.2) is 4.98 Å². The van der Waals surface area contributed by atoms with Crippen molar-refractivity contribution in [2.75, 3.05) is 5.73 Å². The Balaban J connectivity index is 2.47. The number of rotatable bonds is 1. The number of nitrogens with zero attached hydrogens (tertiary/aromatic N) is 2. The largest absolute Gasteiger partial charge is 0.398 e. The van der Waals surface area contributed by atoms with Gasteiger partial charge in [0.25, 0.3) is 0 Å². The average Bonchev–Trinajstić information content (AvgIpc) is 2.57. The Bertz CT molecular complexity index is 462. The summed E-state index contributed by atoms with van der Waals surface area (Å²) < 4.78 is 1.90. The van der Waals surface area contributed by atoms with Gasteiger partial charge in [0.2, 0.25) is 0 Å². The highest BCUT2D eigenvalue weighted by atomic mass is 35.5. The summed E-state index contributed by atoms with van der Waals surface area (Å²) >= 11 is 5.91. The Hall–Kier alpha value is -1.48. The number of hydrogen-bond donors (Lipinski definition) is 1. The summed E-state index contributed by atoms with van der Waals surface area (Å²) in [5, 5.41) is 0.564. The maximum absolute atomic E-state index is 5.91. The molecule has 0 aliphatic heterocycles. The fourth-order valence-electron chi connectivity index (χ4n) is 1.24. The van der Waals surface area contributed by atoms with E-state index in [0.29, 0.717) is 10.7 Å². The van der Waals surface area contributed by atoms with Gasteiger partial charge < -0.3 is 10.3 Å². The minimum atomic E-state index is 0.564. The first-order chi connectivity index (χ1) is 6.66. The lowest BCUT2D eigenvalue weighted by Crippen LogP contribution is -1.92. The summed E-state index contributed by atoms with van der Waals surface area (Å²) in [6, 6.07) is 5.51. The van der Waals surface area contributed by atoms with E-state index in [0.717, 1.165) is 11.4 Å². The lowest BCUT2D eigenvalue weighted by Gasteiger charge is -2.03. The molecule has 2 N–H and O–H groups in total. The molecule has 0 saturated carbocycles. The summed E-state index contributed by atoms with van der Waals surface area (Å²) in [5.74, 6) is 0. The number of nitrogen functional groups attached to an aromatic ring is 1. The second-order valence-electron chi connectivity index (χ2n) is 3.13. The Morgan fingerprint density at radius 3 is 2.79 bits per heavy atom. The molecule has 0 fully saturated rings. The van der Waals surface area contributed by atoms with Crippen molar-refractivity contribution in [2.45, 2.75) is 6.92 Å². The van der Waals surface area contributed by atoms with E-state index in [1.807, 2.05) is 29.8 Å². The molecule has 1 aromatic heterocycles. The molecule has 0 aliphatic carbocycles. The molecule has 0 bridgehead atoms. The molecule has 14 heavy (non-hydrogen) atoms. The number of aromatic nitrogens is 2. The van der Waals surface area contributed by atoms with Gasteiger partial charge in [-0.15, -0.1) is 0 Å². The summed E-state index contributed by atoms with van der Waals surface area (Å²) in [6.07, 6.45) is 3.68. The minimum absolute atomic E-state index is 0.564. The predicted molar refractivity (Wildman–Crippen MR) is 57.7 cm³/mol. The molecule has 0 saturated heterocycles. The van der Waals surface area contributed by atoms with Gasteiger partial charge in [-0.3, -0.25) is 0 Å². The van der Waals surface area contributed by atoms with E-state index in [4.69, 9.17) is 17.3 Å². The average molecular weight is 208 g/mol. The lowest BCUT2D eigenvalue weighted by atomic mass is 10.3. The van der Waals surface area contributed by atoms with Gasteiger partial charge in [0.1, 0.15) is 0 Å². The third kappa shape index (κ3) is 1.59. The van der Waals surface area contributed by atoms with Crippen LogP contribution in [0.4, 0.5) is 5.69 Å². The predicted octanol–water partition coefficient (Wildman–Crippen LogP) is 2.42. The van der Waals surface area contributed by atoms with E-state index in [2.05, 4.69) is 4.98 Å². The molecule has 2 rings (SSSR count). The number of anilines is 1. The molecular weight excluding hydrogens is 198 g/mol. The first kappa shape index (κ1) is 9.09. The van der Waals surface area contributed by atoms with Crippen LogP contribution < -0.4 is 5.73 Å². The second kappa shape index (κ2) is 3.35. The van der Waals surface area contributed by atoms with E-state index >= 15 is 0 Å². The van der Waals surface area contributed by atoms with Crippen LogP contribution in [0.5, 0.6) is 0 Å². The monoisotopic (exact) mass is 207 g/mol. The van der Waals surface area contributed by atoms with Gasteiger partial charge >= 0.3 is 0 Å². The molecule has 0 atom stereocenters. The fourth-order valence-corrected chi connectivity index (χ4v) is 1.41. The molecule has 2 aromatic rings. The van der Waals surface area contributed by atoms with E-state index in [1.54, 1.807) is 12.4 Å². The van der Waals surface area contributed by atoms with E-state index in [-0.39, 0.29) is 0 Å². The minimum Gasteiger partial charge on any atom is -0.398 e. The van der Waals surface area contributed by atoms with Crippen molar-refractivity contribution in [2.24, 2.45) is 0 Å². The normalized spacial score (nSPS) is 10.4. The van der Waals surface area contributed by atoms with Crippen molar-refractivity contribution in [3.63, 3.8) is 0 Å². The van der Waals surface area contributed by atoms with Gasteiger partial charge in [0.15, 0.2) is 0 Å². The molecule has 0 amide bonds. The molecule has 4 heteroatoms. The van der Waals surface area contributed by atoms with E-state index < -0.39 is 0 Å². The van der Waals surface area contributed by atoms with E-state index in [9.17, 15) is 0 Å². The van der Waals surface area contributed by atoms with Crippen molar-refractivity contribution in [1.82, 2.24) is 9.55 Å². The fraction of sp³-hybridized carbons (Fsp3) is 0.100. The van der Waals surface area contributed by atoms with Crippen molar-refractivity contribution in [1.29, 1.82) is 0 Å². The van der Waals surface area contributed by atoms with Crippen molar-refractivity contribution >= 4 is 17.3 Å². The Kier molecular flexibility index (Phi) is 2.17. The SMILES string of the molecule is Cc1cn(-c2ccc(N)c(Cl)c2)cn1. The Labute approximate surface area is 87.1 Å². The number of nitrogens with two attached hydrogens (primary N) is 1. The summed E-state index contributed by atoms with van der Waals surface area (Å²) in [5.41, 5.74) is 8.14. The zero-order chi connectivity index (χ0) is 10.1. The molecule has 0 aliphatic rings. The number of halogens is 1. The number of benzene rings is 1. The van der Waals surface area contributed by atoms with Crippen molar-refractivity contribution in [3.05, 3.63) is 41.4 Å². The van der Waals surface area contributed by atoms with E-state index in [1.165, 1.54) is 0 Å². The highest BCUT2D eigenvalue weighted by molar-refractivity contribution is 6.33. The summed E-state index contributed by atoms with van der Waals surface area (Å²) in [7, 11) is 0. The highest BCUT2D eigenvalue weighted by Gasteiger charge is 2.00. The van der Waals surface area contributed by atoms with Crippen LogP contribution in [0.2, 0.25) is 5.02 Å². The van der Waals surface area contributed by atoms with Gasteiger partial charge in [-0.05, 0) is 25.1 Å². The van der Waals surface area contributed by atoms with Crippen molar-refractivity contribution < 1.29 is 0 Å². The number of hydrogen-bond acceptors (Lipinski definition) is 2. The molecule has 1 heterocycles. The first-order valence-corrected chi connectivity index (χ1v) is 4.60. The standard InChI is InChI=1S/C10H10ClN3/c1-7-5-14(6-13-7)8-2-3-10(12)9(11)4-8/h2-6H,12H2,1H3. The van der Waals surface area contributed by atoms with Crippen LogP contribution >= 0.6 is 11.6 Å². The summed E-state index contributed by atoms with van der Waals surface area (Å²) in [6.45, 7) is 1.94. The number of aryl methyl sites for hydroxylation is 1. The maximum atomic E-state index is 5.91. The molecule has 0 radical (unpaired) electrons. The maximum Gasteiger partial charge on any atom is 0.0995 e. The Morgan fingerprint density at radius 2 is 2.21 bits per heavy atom. The zero-order valence-electron chi connectivity index (χ0n) is 7.74. The van der Waals surface area contributed by atoms with Crippen LogP contribution in [0.25, 0.3) is 5.69 Å². The smallest absolute Gasteiger partial charge is 0.0995 e. The molecule has 72 valence electrons. The molecule has 1 aromatic carbocycles. The third-order valence-corrected chi connectivity index (χ3v) is 2.32. The van der Waals surface area contributed by atoms with Gasteiger partial charge in [-0.1, -0.05) is 11.6 Å². The molecule has 0 unspecified atom stereocenters. The Morgan fingerprint density at radius 1 is 1.43 bits per heavy atom. The first-order valence-electron chi connectivity index (χ1n) is 4.23. The van der Waals surface area contributed by atoms with Crippen molar-refractivity contribution in [3.8, 4) is 5.69 Å². The van der Waals surface area contributed by atoms with Crippen LogP contribution in [-0.4, -0.2) is 9.55 Å². The topological polar surface area (TPSA) is 43.8 Å². The third-order valence-electron chi connectivity index (χ3n) is 1.99. The number of imidazole rings is 1. The van der Waals surface area contributed by atoms with Crippen LogP contribution in [0.1, 0.15) is 5.69 Å². The second-order valence-corrected chi connectivity index (χ2v) is 3.54. The van der Waals surface area contributed by atoms with Crippen LogP contribution in [0.15, 0.2) is 30.7 Å². The van der Waals surface area contributed by atoms with Gasteiger partial charge in [-0.2, -0.15) is 0 Å².